The van der Waals surface area contributed by atoms with Crippen LogP contribution in [0.25, 0.3) is 33.4 Å². The second-order valence-electron chi connectivity index (χ2n) is 22.2. The second kappa shape index (κ2) is 23.1. The Bertz CT molecular complexity index is 2670. The van der Waals surface area contributed by atoms with E-state index in [1.54, 1.807) is 7.11 Å². The van der Waals surface area contributed by atoms with Gasteiger partial charge in [0.15, 0.2) is 0 Å². The third kappa shape index (κ3) is 11.8. The topological polar surface area (TPSA) is 171 Å². The summed E-state index contributed by atoms with van der Waals surface area (Å²) < 4.78 is 66.8. The molecule has 4 saturated heterocycles. The fourth-order valence-corrected chi connectivity index (χ4v) is 12.5. The third-order valence-corrected chi connectivity index (χ3v) is 17.3. The highest BCUT2D eigenvalue weighted by Gasteiger charge is 2.50. The van der Waals surface area contributed by atoms with E-state index in [9.17, 15) is 23.2 Å². The van der Waals surface area contributed by atoms with Crippen molar-refractivity contribution in [1.29, 1.82) is 0 Å². The van der Waals surface area contributed by atoms with Crippen LogP contribution in [0.15, 0.2) is 35.8 Å². The van der Waals surface area contributed by atoms with Gasteiger partial charge in [0, 0.05) is 98.3 Å². The van der Waals surface area contributed by atoms with E-state index in [1.807, 2.05) is 38.4 Å². The minimum atomic E-state index is -2.87. The predicted octanol–water partition coefficient (Wildman–Crippen LogP) is 6.97. The number of anilines is 1. The van der Waals surface area contributed by atoms with Crippen molar-refractivity contribution >= 4 is 45.7 Å². The number of methoxy groups -OCH3 is 1. The maximum atomic E-state index is 14.8. The summed E-state index contributed by atoms with van der Waals surface area (Å²) in [5.74, 6) is -1.73. The van der Waals surface area contributed by atoms with Gasteiger partial charge in [0.1, 0.15) is 29.8 Å². The van der Waals surface area contributed by atoms with Gasteiger partial charge in [0.25, 0.3) is 12.3 Å². The van der Waals surface area contributed by atoms with Crippen molar-refractivity contribution in [3.05, 3.63) is 52.1 Å². The number of hydrogen-bond donors (Lipinski definition) is 2. The fourth-order valence-electron chi connectivity index (χ4n) is 11.6. The fraction of sp³-hybridized carbons (Fsp3) is 0.655. The number of halogens is 2. The molecule has 6 bridgehead atoms. The molecule has 6 aliphatic rings. The molecule has 75 heavy (non-hydrogen) atoms. The summed E-state index contributed by atoms with van der Waals surface area (Å²) in [4.78, 5) is 58.1. The van der Waals surface area contributed by atoms with Crippen molar-refractivity contribution in [2.24, 2.45) is 23.2 Å². The van der Waals surface area contributed by atoms with Crippen LogP contribution in [0.1, 0.15) is 95.2 Å². The number of nitrogens with one attached hydrogen (secondary N) is 2. The smallest absolute Gasteiger partial charge is 0.324 e. The number of thiazole rings is 1. The number of hydrazine groups is 1. The van der Waals surface area contributed by atoms with E-state index in [2.05, 4.69) is 57.2 Å². The zero-order valence-corrected chi connectivity index (χ0v) is 45.0. The Balaban J connectivity index is 1.12. The number of carbonyl (C=O) groups is 3. The molecule has 2 N–H and O–H groups in total. The van der Waals surface area contributed by atoms with Crippen molar-refractivity contribution in [3.63, 3.8) is 0 Å². The Hall–Kier alpha value is -4.67. The first-order chi connectivity index (χ1) is 36.2. The molecule has 1 aromatic carbocycles. The highest BCUT2D eigenvalue weighted by atomic mass is 32.1. The van der Waals surface area contributed by atoms with Gasteiger partial charge in [-0.05, 0) is 81.0 Å². The van der Waals surface area contributed by atoms with Gasteiger partial charge in [-0.25, -0.2) is 19.2 Å². The third-order valence-electron chi connectivity index (χ3n) is 16.4. The van der Waals surface area contributed by atoms with E-state index in [0.717, 1.165) is 103 Å². The molecule has 3 aromatic heterocycles. The summed E-state index contributed by atoms with van der Waals surface area (Å²) in [6.45, 7) is 16.8. The average molecular weight is 1060 g/mol. The Labute approximate surface area is 442 Å². The van der Waals surface area contributed by atoms with Crippen LogP contribution in [0.5, 0.6) is 0 Å². The highest BCUT2D eigenvalue weighted by Crippen LogP contribution is 2.46. The van der Waals surface area contributed by atoms with Crippen molar-refractivity contribution in [2.75, 3.05) is 91.0 Å². The number of amides is 2. The number of cyclic esters (lactones) is 1. The molecule has 1 aliphatic carbocycles. The first-order valence-electron chi connectivity index (χ1n) is 27.0. The lowest BCUT2D eigenvalue weighted by Gasteiger charge is -2.37. The summed E-state index contributed by atoms with van der Waals surface area (Å²) in [6, 6.07) is 6.61. The SMILES string of the molecule is CO[C@@H](C)c1ncc(N2CCCN(C3COC3)CC2)cc1-c1c2c3cc(ccc3n1CCOC1CCOCC1)-c1csc(n1)[C@@H](OCC(F)F)[C@H](NC(=O)C1[C@@H](C)[C@H]1C)C(=O)N1CCC[C@H](N1)C(=O)OCC(C)(C)C2. The van der Waals surface area contributed by atoms with Crippen molar-refractivity contribution < 1.29 is 51.6 Å². The molecule has 20 heteroatoms. The maximum Gasteiger partial charge on any atom is 0.324 e. The van der Waals surface area contributed by atoms with Crippen molar-refractivity contribution in [3.8, 4) is 22.5 Å². The molecule has 10 rings (SSSR count). The number of alkyl halides is 2. The van der Waals surface area contributed by atoms with Gasteiger partial charge in [-0.15, -0.1) is 11.3 Å². The van der Waals surface area contributed by atoms with Crippen molar-refractivity contribution in [1.82, 2.24) is 35.2 Å². The van der Waals surface area contributed by atoms with Crippen LogP contribution < -0.4 is 15.6 Å². The molecule has 4 aromatic rings. The Morgan fingerprint density at radius 2 is 1.80 bits per heavy atom. The Morgan fingerprint density at radius 1 is 1.00 bits per heavy atom. The molecule has 5 fully saturated rings. The van der Waals surface area contributed by atoms with Gasteiger partial charge < -0.3 is 43.2 Å². The number of ether oxygens (including phenoxy) is 6. The highest BCUT2D eigenvalue weighted by molar-refractivity contribution is 7.10. The van der Waals surface area contributed by atoms with E-state index in [1.165, 1.54) is 16.3 Å². The standard InChI is InChI=1S/C55H74F2N8O9S/c1-32-33(2)46(32)51(66)60-48-50(73-29-45(56)57)52-59-43(30-75-52)35-10-11-44-39(23-35)41(25-55(4,5)31-74-54(68)42-9-7-16-65(61-42)53(48)67)49(64(44)19-22-72-38-12-20-70-21-13-38)40-24-36(26-58-47(40)34(3)69-6)62-14-8-15-63(18-17-62)37-27-71-28-37/h10-11,23-24,26,30,32-34,37-38,42,45-46,48,50,61H,7-9,12-22,25,27-29,31H2,1-6H3,(H,60,66)/t32-,33+,34-,42-,46?,48-,50-/m0/s1. The molecule has 0 spiro atoms. The lowest BCUT2D eigenvalue weighted by Crippen LogP contribution is -2.61. The lowest BCUT2D eigenvalue weighted by atomic mass is 9.84. The van der Waals surface area contributed by atoms with E-state index < -0.39 is 48.5 Å². The molecule has 1 unspecified atom stereocenters. The second-order valence-corrected chi connectivity index (χ2v) is 23.1. The van der Waals surface area contributed by atoms with Gasteiger partial charge in [-0.1, -0.05) is 33.8 Å². The monoisotopic (exact) mass is 1060 g/mol. The van der Waals surface area contributed by atoms with E-state index in [-0.39, 0.29) is 54.0 Å². The minimum absolute atomic E-state index is 0.0575. The average Bonchev–Trinajstić information content (AvgIpc) is 3.67. The van der Waals surface area contributed by atoms with Gasteiger partial charge >= 0.3 is 5.97 Å². The first-order valence-corrected chi connectivity index (χ1v) is 27.9. The lowest BCUT2D eigenvalue weighted by molar-refractivity contribution is -0.157. The van der Waals surface area contributed by atoms with Crippen LogP contribution in [0.4, 0.5) is 14.5 Å². The Morgan fingerprint density at radius 3 is 2.53 bits per heavy atom. The van der Waals surface area contributed by atoms with Crippen LogP contribution >= 0.6 is 11.3 Å². The molecular formula is C55H74F2N8O9S. The van der Waals surface area contributed by atoms with Gasteiger partial charge in [0.2, 0.25) is 5.91 Å². The van der Waals surface area contributed by atoms with Crippen LogP contribution in [0, 0.1) is 23.2 Å². The molecule has 0 radical (unpaired) electrons. The normalized spacial score (nSPS) is 26.7. The van der Waals surface area contributed by atoms with Gasteiger partial charge in [-0.3, -0.25) is 29.3 Å². The number of pyridine rings is 1. The summed E-state index contributed by atoms with van der Waals surface area (Å²) in [7, 11) is 1.70. The van der Waals surface area contributed by atoms with Crippen LogP contribution in [0.3, 0.4) is 0 Å². The van der Waals surface area contributed by atoms with E-state index in [0.29, 0.717) is 57.4 Å². The van der Waals surface area contributed by atoms with Crippen LogP contribution in [0.2, 0.25) is 0 Å². The minimum Gasteiger partial charge on any atom is -0.464 e. The number of hydrogen-bond acceptors (Lipinski definition) is 15. The quantitative estimate of drug-likeness (QED) is 0.124. The van der Waals surface area contributed by atoms with Crippen LogP contribution in [-0.2, 0) is 55.8 Å². The predicted molar refractivity (Wildman–Crippen MR) is 279 cm³/mol. The molecule has 8 heterocycles. The summed E-state index contributed by atoms with van der Waals surface area (Å²) in [6.07, 6.45) is 1.39. The number of aromatic nitrogens is 3. The van der Waals surface area contributed by atoms with Crippen LogP contribution in [-0.4, -0.2) is 159 Å². The maximum absolute atomic E-state index is 14.8. The molecule has 1 saturated carbocycles. The van der Waals surface area contributed by atoms with E-state index >= 15 is 0 Å². The van der Waals surface area contributed by atoms with Crippen molar-refractivity contribution in [2.45, 2.75) is 123 Å². The number of fused-ring (bicyclic) bond motifs is 6. The first kappa shape index (κ1) is 53.7. The zero-order chi connectivity index (χ0) is 52.5. The number of nitrogens with zero attached hydrogens (tertiary/aromatic N) is 6. The number of carbonyl (C=O) groups excluding carboxylic acids is 3. The molecule has 408 valence electrons. The molecule has 2 amide bonds. The largest absolute Gasteiger partial charge is 0.464 e. The summed E-state index contributed by atoms with van der Waals surface area (Å²) >= 11 is 1.18. The van der Waals surface area contributed by atoms with Gasteiger partial charge in [0.05, 0.1) is 73.6 Å². The molecular weight excluding hydrogens is 987 g/mol. The van der Waals surface area contributed by atoms with E-state index in [4.69, 9.17) is 38.4 Å². The number of rotatable bonds is 14. The molecule has 17 nitrogen and oxygen atoms in total. The molecule has 7 atom stereocenters. The van der Waals surface area contributed by atoms with Gasteiger partial charge in [-0.2, -0.15) is 0 Å². The Kier molecular flexibility index (Phi) is 16.6. The summed E-state index contributed by atoms with van der Waals surface area (Å²) in [5.41, 5.74) is 9.43. The number of benzene rings is 1. The molecule has 5 aliphatic heterocycles. The summed E-state index contributed by atoms with van der Waals surface area (Å²) in [5, 5.41) is 7.25. The number of esters is 1. The zero-order valence-electron chi connectivity index (χ0n) is 44.2.